The first-order valence-corrected chi connectivity index (χ1v) is 9.45. The summed E-state index contributed by atoms with van der Waals surface area (Å²) in [6, 6.07) is 0. The molecule has 0 bridgehead atoms. The molecule has 2 fully saturated rings. The van der Waals surface area contributed by atoms with Crippen LogP contribution in [0.15, 0.2) is 11.1 Å². The molecule has 2 saturated heterocycles. The molecule has 3 aliphatic rings. The summed E-state index contributed by atoms with van der Waals surface area (Å²) in [7, 11) is 0. The minimum Gasteiger partial charge on any atom is -0.481 e. The van der Waals surface area contributed by atoms with E-state index in [0.717, 1.165) is 24.0 Å². The third-order valence-corrected chi connectivity index (χ3v) is 6.01. The van der Waals surface area contributed by atoms with E-state index in [1.807, 2.05) is 13.8 Å². The number of carboxylic acids is 1. The van der Waals surface area contributed by atoms with Crippen molar-refractivity contribution in [2.24, 2.45) is 11.8 Å². The van der Waals surface area contributed by atoms with Gasteiger partial charge in [0.1, 0.15) is 6.10 Å². The van der Waals surface area contributed by atoms with Crippen LogP contribution in [-0.2, 0) is 19.1 Å². The Morgan fingerprint density at radius 3 is 1.96 bits per heavy atom. The number of nitrogens with zero attached hydrogens (tertiary/aromatic N) is 2. The quantitative estimate of drug-likeness (QED) is 0.763. The normalized spacial score (nSPS) is 29.8. The summed E-state index contributed by atoms with van der Waals surface area (Å²) in [6.07, 6.45) is 2.30. The molecule has 3 atom stereocenters. The molecule has 0 saturated carbocycles. The van der Waals surface area contributed by atoms with E-state index in [9.17, 15) is 19.5 Å². The third-order valence-electron chi connectivity index (χ3n) is 6.01. The monoisotopic (exact) mass is 364 g/mol. The molecule has 144 valence electrons. The Morgan fingerprint density at radius 1 is 0.923 bits per heavy atom. The lowest BCUT2D eigenvalue weighted by atomic mass is 9.76. The summed E-state index contributed by atoms with van der Waals surface area (Å²) in [5.41, 5.74) is 2.20. The van der Waals surface area contributed by atoms with Gasteiger partial charge >= 0.3 is 5.97 Å². The van der Waals surface area contributed by atoms with Crippen molar-refractivity contribution >= 4 is 17.8 Å². The molecule has 1 N–H and O–H groups in total. The van der Waals surface area contributed by atoms with Crippen LogP contribution in [0.2, 0.25) is 0 Å². The van der Waals surface area contributed by atoms with Crippen LogP contribution in [0, 0.1) is 11.8 Å². The van der Waals surface area contributed by atoms with E-state index < -0.39 is 17.8 Å². The molecule has 0 spiro atoms. The molecule has 0 aromatic heterocycles. The molecule has 0 unspecified atom stereocenters. The third kappa shape index (κ3) is 3.77. The maximum absolute atomic E-state index is 13.0. The van der Waals surface area contributed by atoms with E-state index >= 15 is 0 Å². The van der Waals surface area contributed by atoms with Gasteiger partial charge in [0, 0.05) is 32.8 Å². The van der Waals surface area contributed by atoms with Gasteiger partial charge in [-0.25, -0.2) is 0 Å². The van der Waals surface area contributed by atoms with Crippen LogP contribution in [0.3, 0.4) is 0 Å². The van der Waals surface area contributed by atoms with Gasteiger partial charge < -0.3 is 19.6 Å². The highest BCUT2D eigenvalue weighted by molar-refractivity contribution is 5.86. The summed E-state index contributed by atoms with van der Waals surface area (Å²) < 4.78 is 5.46. The molecule has 1 aliphatic carbocycles. The Bertz CT molecular complexity index is 615. The Kier molecular flexibility index (Phi) is 5.65. The molecule has 7 heteroatoms. The first-order valence-electron chi connectivity index (χ1n) is 9.45. The largest absolute Gasteiger partial charge is 0.481 e. The highest BCUT2D eigenvalue weighted by Gasteiger charge is 2.40. The molecule has 3 rings (SSSR count). The van der Waals surface area contributed by atoms with E-state index in [0.29, 0.717) is 45.6 Å². The van der Waals surface area contributed by atoms with Gasteiger partial charge in [-0.1, -0.05) is 11.1 Å². The predicted molar refractivity (Wildman–Crippen MR) is 94.4 cm³/mol. The number of rotatable bonds is 3. The number of allylic oxidation sites excluding steroid dienone is 2. The number of ether oxygens (including phenoxy) is 1. The zero-order chi connectivity index (χ0) is 18.8. The minimum absolute atomic E-state index is 0.0186. The summed E-state index contributed by atoms with van der Waals surface area (Å²) >= 11 is 0. The van der Waals surface area contributed by atoms with Crippen LogP contribution in [0.25, 0.3) is 0 Å². The molecule has 2 aliphatic heterocycles. The maximum Gasteiger partial charge on any atom is 0.307 e. The summed E-state index contributed by atoms with van der Waals surface area (Å²) in [4.78, 5) is 40.5. The molecule has 0 aromatic carbocycles. The second-order valence-corrected chi connectivity index (χ2v) is 7.67. The van der Waals surface area contributed by atoms with Gasteiger partial charge in [-0.15, -0.1) is 0 Å². The lowest BCUT2D eigenvalue weighted by Gasteiger charge is -2.39. The van der Waals surface area contributed by atoms with Crippen molar-refractivity contribution in [2.75, 3.05) is 32.8 Å². The molecule has 2 heterocycles. The Labute approximate surface area is 154 Å². The van der Waals surface area contributed by atoms with Gasteiger partial charge in [0.05, 0.1) is 11.8 Å². The van der Waals surface area contributed by atoms with Gasteiger partial charge in [-0.05, 0) is 39.5 Å². The van der Waals surface area contributed by atoms with Crippen LogP contribution >= 0.6 is 0 Å². The Hall–Kier alpha value is -1.89. The smallest absolute Gasteiger partial charge is 0.307 e. The average molecular weight is 364 g/mol. The number of carboxylic acid groups (broad SMARTS) is 1. The van der Waals surface area contributed by atoms with E-state index in [4.69, 9.17) is 4.74 Å². The van der Waals surface area contributed by atoms with Crippen LogP contribution in [0.4, 0.5) is 0 Å². The fourth-order valence-corrected chi connectivity index (χ4v) is 4.17. The summed E-state index contributed by atoms with van der Waals surface area (Å²) in [5.74, 6) is -2.13. The first kappa shape index (κ1) is 18.9. The van der Waals surface area contributed by atoms with E-state index in [2.05, 4.69) is 0 Å². The van der Waals surface area contributed by atoms with E-state index in [1.54, 1.807) is 9.80 Å². The van der Waals surface area contributed by atoms with Gasteiger partial charge in [-0.2, -0.15) is 0 Å². The van der Waals surface area contributed by atoms with Gasteiger partial charge in [0.25, 0.3) is 5.91 Å². The minimum atomic E-state index is -0.901. The SMILES string of the molecule is CC1=C(C)C[C@@H](C(=O)N2CCN(C(=O)[C@@H]3CCCO3)CC2)[C@@H](C(=O)O)C1. The van der Waals surface area contributed by atoms with Crippen molar-refractivity contribution in [3.05, 3.63) is 11.1 Å². The van der Waals surface area contributed by atoms with Crippen molar-refractivity contribution in [2.45, 2.75) is 45.6 Å². The highest BCUT2D eigenvalue weighted by Crippen LogP contribution is 2.35. The van der Waals surface area contributed by atoms with Crippen molar-refractivity contribution in [1.82, 2.24) is 9.80 Å². The molecular formula is C19H28N2O5. The first-order chi connectivity index (χ1) is 12.4. The second kappa shape index (κ2) is 7.78. The lowest BCUT2D eigenvalue weighted by molar-refractivity contribution is -0.153. The fraction of sp³-hybridized carbons (Fsp3) is 0.737. The van der Waals surface area contributed by atoms with Crippen LogP contribution in [0.5, 0.6) is 0 Å². The lowest BCUT2D eigenvalue weighted by Crippen LogP contribution is -2.55. The number of hydrogen-bond acceptors (Lipinski definition) is 4. The molecule has 0 radical (unpaired) electrons. The zero-order valence-corrected chi connectivity index (χ0v) is 15.6. The van der Waals surface area contributed by atoms with Crippen molar-refractivity contribution in [3.63, 3.8) is 0 Å². The number of carbonyl (C=O) groups excluding carboxylic acids is 2. The fourth-order valence-electron chi connectivity index (χ4n) is 4.17. The average Bonchev–Trinajstić information content (AvgIpc) is 3.17. The van der Waals surface area contributed by atoms with Crippen molar-refractivity contribution in [3.8, 4) is 0 Å². The molecular weight excluding hydrogens is 336 g/mol. The topological polar surface area (TPSA) is 87.2 Å². The zero-order valence-electron chi connectivity index (χ0n) is 15.6. The van der Waals surface area contributed by atoms with Gasteiger partial charge in [-0.3, -0.25) is 14.4 Å². The van der Waals surface area contributed by atoms with Crippen LogP contribution < -0.4 is 0 Å². The van der Waals surface area contributed by atoms with Crippen molar-refractivity contribution in [1.29, 1.82) is 0 Å². The Morgan fingerprint density at radius 2 is 1.46 bits per heavy atom. The number of hydrogen-bond donors (Lipinski definition) is 1. The van der Waals surface area contributed by atoms with Crippen LogP contribution in [0.1, 0.15) is 39.5 Å². The van der Waals surface area contributed by atoms with Gasteiger partial charge in [0.2, 0.25) is 5.91 Å². The summed E-state index contributed by atoms with van der Waals surface area (Å²) in [5, 5.41) is 9.54. The maximum atomic E-state index is 13.0. The number of piperazine rings is 1. The number of amides is 2. The standard InChI is InChI=1S/C19H28N2O5/c1-12-10-14(15(19(24)25)11-13(12)2)17(22)20-5-7-21(8-6-20)18(23)16-4-3-9-26-16/h14-16H,3-11H2,1-2H3,(H,24,25)/t14-,15+,16+/m1/s1. The number of carbonyl (C=O) groups is 3. The Balaban J connectivity index is 1.60. The second-order valence-electron chi connectivity index (χ2n) is 7.67. The van der Waals surface area contributed by atoms with Gasteiger partial charge in [0.15, 0.2) is 0 Å². The predicted octanol–water partition coefficient (Wildman–Crippen LogP) is 1.28. The molecule has 7 nitrogen and oxygen atoms in total. The van der Waals surface area contributed by atoms with E-state index in [1.165, 1.54) is 0 Å². The van der Waals surface area contributed by atoms with E-state index in [-0.39, 0.29) is 17.9 Å². The number of aliphatic carboxylic acids is 1. The highest BCUT2D eigenvalue weighted by atomic mass is 16.5. The molecule has 26 heavy (non-hydrogen) atoms. The molecule has 2 amide bonds. The van der Waals surface area contributed by atoms with Crippen molar-refractivity contribution < 1.29 is 24.2 Å². The summed E-state index contributed by atoms with van der Waals surface area (Å²) in [6.45, 7) is 6.46. The van der Waals surface area contributed by atoms with Crippen LogP contribution in [-0.4, -0.2) is 71.6 Å². The molecule has 0 aromatic rings.